The lowest BCUT2D eigenvalue weighted by atomic mass is 9.79. The number of hydrogen-bond acceptors (Lipinski definition) is 1. The van der Waals surface area contributed by atoms with E-state index in [1.165, 1.54) is 53.5 Å². The molecule has 0 N–H and O–H groups in total. The van der Waals surface area contributed by atoms with E-state index in [1.807, 2.05) is 0 Å². The summed E-state index contributed by atoms with van der Waals surface area (Å²) >= 11 is 0. The molecule has 0 heterocycles. The Morgan fingerprint density at radius 2 is 1.14 bits per heavy atom. The molecule has 0 amide bonds. The predicted molar refractivity (Wildman–Crippen MR) is 118 cm³/mol. The molecule has 0 radical (unpaired) electrons. The fourth-order valence-corrected chi connectivity index (χ4v) is 4.20. The number of aryl methyl sites for hydroxylation is 2. The molecule has 0 aromatic heterocycles. The van der Waals surface area contributed by atoms with Crippen LogP contribution in [0, 0.1) is 19.8 Å². The molecule has 1 heteroatoms. The maximum absolute atomic E-state index is 6.11. The molecular weight excluding hydrogens is 340 g/mol. The summed E-state index contributed by atoms with van der Waals surface area (Å²) in [5.74, 6) is 2.39. The minimum absolute atomic E-state index is 0.679. The van der Waals surface area contributed by atoms with E-state index in [4.69, 9.17) is 4.74 Å². The molecule has 0 spiro atoms. The van der Waals surface area contributed by atoms with Crippen LogP contribution in [-0.4, -0.2) is 6.61 Å². The highest BCUT2D eigenvalue weighted by molar-refractivity contribution is 5.64. The van der Waals surface area contributed by atoms with Crippen molar-refractivity contribution >= 4 is 0 Å². The standard InChI is InChI=1S/C27H30O/c1-20-3-9-23(10-4-20)25-13-7-22(8-14-25)19-28-27-17-15-26(16-18-27)24-11-5-21(2)6-12-24/h3-6,9-12,15-18,22,25H,7-8,13-14,19H2,1-2H3. The van der Waals surface area contributed by atoms with Gasteiger partial charge in [-0.25, -0.2) is 0 Å². The second-order valence-corrected chi connectivity index (χ2v) is 8.33. The minimum atomic E-state index is 0.679. The van der Waals surface area contributed by atoms with Gasteiger partial charge in [-0.3, -0.25) is 0 Å². The molecule has 1 aliphatic rings. The van der Waals surface area contributed by atoms with Gasteiger partial charge in [0.15, 0.2) is 0 Å². The first-order chi connectivity index (χ1) is 13.7. The second-order valence-electron chi connectivity index (χ2n) is 8.33. The molecule has 28 heavy (non-hydrogen) atoms. The third kappa shape index (κ3) is 4.65. The Hall–Kier alpha value is -2.54. The van der Waals surface area contributed by atoms with Crippen LogP contribution in [-0.2, 0) is 0 Å². The average Bonchev–Trinajstić information content (AvgIpc) is 2.74. The summed E-state index contributed by atoms with van der Waals surface area (Å²) in [6, 6.07) is 26.3. The van der Waals surface area contributed by atoms with Gasteiger partial charge in [-0.2, -0.15) is 0 Å². The predicted octanol–water partition coefficient (Wildman–Crippen LogP) is 7.32. The van der Waals surface area contributed by atoms with Crippen molar-refractivity contribution in [2.45, 2.75) is 45.4 Å². The molecule has 3 aromatic rings. The maximum atomic E-state index is 6.11. The van der Waals surface area contributed by atoms with Gasteiger partial charge in [0.1, 0.15) is 5.75 Å². The zero-order valence-corrected chi connectivity index (χ0v) is 17.0. The van der Waals surface area contributed by atoms with Crippen molar-refractivity contribution in [2.24, 2.45) is 5.92 Å². The van der Waals surface area contributed by atoms with Crippen LogP contribution in [0.4, 0.5) is 0 Å². The number of benzene rings is 3. The lowest BCUT2D eigenvalue weighted by Gasteiger charge is -2.28. The van der Waals surface area contributed by atoms with Crippen LogP contribution in [0.5, 0.6) is 5.75 Å². The first-order valence-electron chi connectivity index (χ1n) is 10.5. The monoisotopic (exact) mass is 370 g/mol. The molecule has 1 aliphatic carbocycles. The summed E-state index contributed by atoms with van der Waals surface area (Å²) in [4.78, 5) is 0. The Kier molecular flexibility index (Phi) is 5.81. The Morgan fingerprint density at radius 3 is 1.71 bits per heavy atom. The highest BCUT2D eigenvalue weighted by atomic mass is 16.5. The minimum Gasteiger partial charge on any atom is -0.493 e. The van der Waals surface area contributed by atoms with E-state index >= 15 is 0 Å². The molecule has 1 fully saturated rings. The van der Waals surface area contributed by atoms with Gasteiger partial charge in [0.05, 0.1) is 6.61 Å². The Labute approximate surface area is 169 Å². The summed E-state index contributed by atoms with van der Waals surface area (Å²) in [6.07, 6.45) is 5.09. The Balaban J connectivity index is 1.27. The van der Waals surface area contributed by atoms with Gasteiger partial charge in [-0.15, -0.1) is 0 Å². The normalized spacial score (nSPS) is 19.4. The molecule has 1 nitrogen and oxygen atoms in total. The van der Waals surface area contributed by atoms with Crippen LogP contribution in [0.3, 0.4) is 0 Å². The fourth-order valence-electron chi connectivity index (χ4n) is 4.20. The molecule has 3 aromatic carbocycles. The molecule has 0 atom stereocenters. The highest BCUT2D eigenvalue weighted by Gasteiger charge is 2.22. The lowest BCUT2D eigenvalue weighted by Crippen LogP contribution is -2.19. The van der Waals surface area contributed by atoms with Crippen LogP contribution in [0.2, 0.25) is 0 Å². The smallest absolute Gasteiger partial charge is 0.119 e. The molecule has 144 valence electrons. The van der Waals surface area contributed by atoms with E-state index in [9.17, 15) is 0 Å². The topological polar surface area (TPSA) is 9.23 Å². The van der Waals surface area contributed by atoms with Crippen molar-refractivity contribution in [1.29, 1.82) is 0 Å². The average molecular weight is 371 g/mol. The second kappa shape index (κ2) is 8.65. The van der Waals surface area contributed by atoms with E-state index in [0.717, 1.165) is 18.3 Å². The maximum Gasteiger partial charge on any atom is 0.119 e. The van der Waals surface area contributed by atoms with Crippen molar-refractivity contribution in [3.8, 4) is 16.9 Å². The molecule has 0 saturated heterocycles. The third-order valence-corrected chi connectivity index (χ3v) is 6.12. The summed E-state index contributed by atoms with van der Waals surface area (Å²) in [5.41, 5.74) is 6.65. The molecule has 4 rings (SSSR count). The van der Waals surface area contributed by atoms with E-state index in [2.05, 4.69) is 86.6 Å². The van der Waals surface area contributed by atoms with E-state index in [1.54, 1.807) is 0 Å². The van der Waals surface area contributed by atoms with Gasteiger partial charge in [-0.05, 0) is 80.2 Å². The van der Waals surface area contributed by atoms with Gasteiger partial charge < -0.3 is 4.74 Å². The van der Waals surface area contributed by atoms with Crippen LogP contribution < -0.4 is 4.74 Å². The SMILES string of the molecule is Cc1ccc(-c2ccc(OCC3CCC(c4ccc(C)cc4)CC3)cc2)cc1. The van der Waals surface area contributed by atoms with Crippen molar-refractivity contribution in [1.82, 2.24) is 0 Å². The summed E-state index contributed by atoms with van der Waals surface area (Å²) < 4.78 is 6.11. The van der Waals surface area contributed by atoms with Gasteiger partial charge in [0.25, 0.3) is 0 Å². The Bertz CT molecular complexity index is 867. The van der Waals surface area contributed by atoms with E-state index < -0.39 is 0 Å². The quantitative estimate of drug-likeness (QED) is 0.457. The van der Waals surface area contributed by atoms with Gasteiger partial charge in [-0.1, -0.05) is 71.8 Å². The molecule has 0 aliphatic heterocycles. The van der Waals surface area contributed by atoms with Gasteiger partial charge in [0, 0.05) is 0 Å². The van der Waals surface area contributed by atoms with Crippen LogP contribution >= 0.6 is 0 Å². The number of ether oxygens (including phenoxy) is 1. The van der Waals surface area contributed by atoms with E-state index in [-0.39, 0.29) is 0 Å². The first-order valence-corrected chi connectivity index (χ1v) is 10.5. The van der Waals surface area contributed by atoms with Gasteiger partial charge >= 0.3 is 0 Å². The van der Waals surface area contributed by atoms with Crippen molar-refractivity contribution in [3.05, 3.63) is 89.5 Å². The fraction of sp³-hybridized carbons (Fsp3) is 0.333. The highest BCUT2D eigenvalue weighted by Crippen LogP contribution is 2.36. The summed E-state index contributed by atoms with van der Waals surface area (Å²) in [7, 11) is 0. The molecular formula is C27H30O. The van der Waals surface area contributed by atoms with Gasteiger partial charge in [0.2, 0.25) is 0 Å². The largest absolute Gasteiger partial charge is 0.493 e. The Morgan fingerprint density at radius 1 is 0.643 bits per heavy atom. The van der Waals surface area contributed by atoms with Crippen LogP contribution in [0.15, 0.2) is 72.8 Å². The number of rotatable bonds is 5. The summed E-state index contributed by atoms with van der Waals surface area (Å²) in [5, 5.41) is 0. The third-order valence-electron chi connectivity index (χ3n) is 6.12. The van der Waals surface area contributed by atoms with Crippen LogP contribution in [0.25, 0.3) is 11.1 Å². The first kappa shape index (κ1) is 18.8. The van der Waals surface area contributed by atoms with Crippen LogP contribution in [0.1, 0.15) is 48.3 Å². The van der Waals surface area contributed by atoms with E-state index in [0.29, 0.717) is 5.92 Å². The lowest BCUT2D eigenvalue weighted by molar-refractivity contribution is 0.200. The number of hydrogen-bond donors (Lipinski definition) is 0. The van der Waals surface area contributed by atoms with Crippen molar-refractivity contribution in [3.63, 3.8) is 0 Å². The zero-order valence-electron chi connectivity index (χ0n) is 17.0. The van der Waals surface area contributed by atoms with Crippen molar-refractivity contribution in [2.75, 3.05) is 6.61 Å². The molecule has 0 unspecified atom stereocenters. The van der Waals surface area contributed by atoms with Crippen molar-refractivity contribution < 1.29 is 4.74 Å². The molecule has 1 saturated carbocycles. The molecule has 0 bridgehead atoms. The summed E-state index contributed by atoms with van der Waals surface area (Å²) in [6.45, 7) is 5.12. The zero-order chi connectivity index (χ0) is 19.3.